The number of hydrogen-bond acceptors (Lipinski definition) is 4. The Labute approximate surface area is 169 Å². The first-order chi connectivity index (χ1) is 10.9. The molecule has 1 aliphatic heterocycles. The van der Waals surface area contributed by atoms with Crippen LogP contribution in [0.3, 0.4) is 0 Å². The van der Waals surface area contributed by atoms with Crippen LogP contribution in [-0.4, -0.2) is 52.1 Å². The molecule has 0 saturated carbocycles. The van der Waals surface area contributed by atoms with Gasteiger partial charge in [0.15, 0.2) is 15.8 Å². The summed E-state index contributed by atoms with van der Waals surface area (Å²) in [5, 5.41) is 6.99. The van der Waals surface area contributed by atoms with E-state index in [-0.39, 0.29) is 41.5 Å². The van der Waals surface area contributed by atoms with Crippen molar-refractivity contribution in [3.8, 4) is 5.75 Å². The summed E-state index contributed by atoms with van der Waals surface area (Å²) < 4.78 is 28.4. The van der Waals surface area contributed by atoms with Crippen molar-refractivity contribution >= 4 is 63.0 Å². The quantitative estimate of drug-likeness (QED) is 0.277. The Balaban J connectivity index is 0.00000288. The van der Waals surface area contributed by atoms with Gasteiger partial charge in [-0.2, -0.15) is 0 Å². The van der Waals surface area contributed by atoms with Crippen molar-refractivity contribution in [3.05, 3.63) is 28.2 Å². The van der Waals surface area contributed by atoms with Crippen LogP contribution in [-0.2, 0) is 9.84 Å². The second kappa shape index (κ2) is 9.88. The van der Waals surface area contributed by atoms with Crippen LogP contribution in [0, 0.1) is 0 Å². The van der Waals surface area contributed by atoms with Gasteiger partial charge in [0.1, 0.15) is 17.4 Å². The van der Waals surface area contributed by atoms with E-state index in [0.29, 0.717) is 41.3 Å². The van der Waals surface area contributed by atoms with Gasteiger partial charge >= 0.3 is 0 Å². The molecule has 1 aliphatic rings. The van der Waals surface area contributed by atoms with E-state index in [9.17, 15) is 8.42 Å². The fourth-order valence-corrected chi connectivity index (χ4v) is 4.24. The van der Waals surface area contributed by atoms with Crippen molar-refractivity contribution in [3.63, 3.8) is 0 Å². The molecule has 1 saturated heterocycles. The number of hydrogen-bond donors (Lipinski definition) is 2. The van der Waals surface area contributed by atoms with Crippen LogP contribution >= 0.6 is 47.2 Å². The molecular weight excluding hydrogens is 488 g/mol. The van der Waals surface area contributed by atoms with Crippen LogP contribution in [0.1, 0.15) is 6.42 Å². The minimum atomic E-state index is -2.92. The number of aliphatic imine (C=N–C) groups is 1. The van der Waals surface area contributed by atoms with E-state index < -0.39 is 9.84 Å². The topological polar surface area (TPSA) is 79.8 Å². The lowest BCUT2D eigenvalue weighted by Crippen LogP contribution is -2.45. The summed E-state index contributed by atoms with van der Waals surface area (Å²) in [6.07, 6.45) is 0.595. The number of halogens is 3. The molecule has 2 N–H and O–H groups in total. The SMILES string of the molecule is CN=C(NCCOc1cccc(Cl)c1Cl)NC1CCS(=O)(=O)C1.I. The van der Waals surface area contributed by atoms with Gasteiger partial charge in [0.05, 0.1) is 23.1 Å². The van der Waals surface area contributed by atoms with Crippen molar-refractivity contribution in [2.75, 3.05) is 31.7 Å². The molecule has 10 heteroatoms. The predicted octanol–water partition coefficient (Wildman–Crippen LogP) is 2.34. The van der Waals surface area contributed by atoms with E-state index in [2.05, 4.69) is 15.6 Å². The largest absolute Gasteiger partial charge is 0.490 e. The van der Waals surface area contributed by atoms with Crippen molar-refractivity contribution < 1.29 is 13.2 Å². The second-order valence-electron chi connectivity index (χ2n) is 5.14. The molecule has 0 spiro atoms. The molecule has 0 radical (unpaired) electrons. The highest BCUT2D eigenvalue weighted by Gasteiger charge is 2.28. The first-order valence-corrected chi connectivity index (χ1v) is 9.73. The highest BCUT2D eigenvalue weighted by atomic mass is 127. The molecule has 1 atom stereocenters. The first-order valence-electron chi connectivity index (χ1n) is 7.16. The predicted molar refractivity (Wildman–Crippen MR) is 109 cm³/mol. The summed E-state index contributed by atoms with van der Waals surface area (Å²) in [5.74, 6) is 1.43. The van der Waals surface area contributed by atoms with Gasteiger partial charge in [0, 0.05) is 13.1 Å². The van der Waals surface area contributed by atoms with Crippen molar-refractivity contribution in [1.82, 2.24) is 10.6 Å². The zero-order chi connectivity index (χ0) is 16.9. The maximum atomic E-state index is 11.4. The van der Waals surface area contributed by atoms with Gasteiger partial charge in [0.2, 0.25) is 0 Å². The minimum Gasteiger partial charge on any atom is -0.490 e. The Morgan fingerprint density at radius 2 is 2.17 bits per heavy atom. The van der Waals surface area contributed by atoms with Crippen LogP contribution in [0.25, 0.3) is 0 Å². The molecule has 0 aromatic heterocycles. The smallest absolute Gasteiger partial charge is 0.191 e. The van der Waals surface area contributed by atoms with E-state index in [1.54, 1.807) is 25.2 Å². The number of benzene rings is 1. The number of sulfone groups is 1. The number of nitrogens with zero attached hydrogens (tertiary/aromatic N) is 1. The molecule has 1 aromatic rings. The second-order valence-corrected chi connectivity index (χ2v) is 8.16. The van der Waals surface area contributed by atoms with Gasteiger partial charge < -0.3 is 15.4 Å². The monoisotopic (exact) mass is 507 g/mol. The van der Waals surface area contributed by atoms with Gasteiger partial charge in [0.25, 0.3) is 0 Å². The van der Waals surface area contributed by atoms with Crippen LogP contribution in [0.15, 0.2) is 23.2 Å². The average Bonchev–Trinajstić information content (AvgIpc) is 2.85. The van der Waals surface area contributed by atoms with Gasteiger partial charge in [-0.15, -0.1) is 24.0 Å². The molecular formula is C14H20Cl2IN3O3S. The van der Waals surface area contributed by atoms with Crippen molar-refractivity contribution in [2.24, 2.45) is 4.99 Å². The van der Waals surface area contributed by atoms with Crippen LogP contribution in [0.5, 0.6) is 5.75 Å². The zero-order valence-corrected chi connectivity index (χ0v) is 17.7. The maximum absolute atomic E-state index is 11.4. The Bertz CT molecular complexity index is 686. The lowest BCUT2D eigenvalue weighted by atomic mass is 10.3. The number of ether oxygens (including phenoxy) is 1. The first kappa shape index (κ1) is 21.6. The highest BCUT2D eigenvalue weighted by Crippen LogP contribution is 2.31. The molecule has 1 aromatic carbocycles. The van der Waals surface area contributed by atoms with Gasteiger partial charge in [-0.3, -0.25) is 4.99 Å². The summed E-state index contributed by atoms with van der Waals surface area (Å²) in [5.41, 5.74) is 0. The van der Waals surface area contributed by atoms with E-state index >= 15 is 0 Å². The van der Waals surface area contributed by atoms with Gasteiger partial charge in [-0.1, -0.05) is 29.3 Å². The zero-order valence-electron chi connectivity index (χ0n) is 13.1. The van der Waals surface area contributed by atoms with Crippen LogP contribution in [0.2, 0.25) is 10.0 Å². The van der Waals surface area contributed by atoms with Crippen LogP contribution in [0.4, 0.5) is 0 Å². The normalized spacial score (nSPS) is 19.5. The molecule has 1 heterocycles. The maximum Gasteiger partial charge on any atom is 0.191 e. The molecule has 0 bridgehead atoms. The average molecular weight is 508 g/mol. The number of nitrogens with one attached hydrogen (secondary N) is 2. The molecule has 1 fully saturated rings. The molecule has 24 heavy (non-hydrogen) atoms. The van der Waals surface area contributed by atoms with Crippen molar-refractivity contribution in [1.29, 1.82) is 0 Å². The molecule has 136 valence electrons. The number of rotatable bonds is 5. The Morgan fingerprint density at radius 3 is 2.79 bits per heavy atom. The van der Waals surface area contributed by atoms with E-state index in [4.69, 9.17) is 27.9 Å². The third-order valence-corrected chi connectivity index (χ3v) is 5.93. The summed E-state index contributed by atoms with van der Waals surface area (Å²) in [6, 6.07) is 5.09. The summed E-state index contributed by atoms with van der Waals surface area (Å²) >= 11 is 11.9. The highest BCUT2D eigenvalue weighted by molar-refractivity contribution is 14.0. The standard InChI is InChI=1S/C14H19Cl2N3O3S.HI/c1-17-14(19-10-5-8-23(20,21)9-10)18-6-7-22-12-4-2-3-11(15)13(12)16;/h2-4,10H,5-9H2,1H3,(H2,17,18,19);1H. The molecule has 0 aliphatic carbocycles. The Morgan fingerprint density at radius 1 is 1.42 bits per heavy atom. The lowest BCUT2D eigenvalue weighted by molar-refractivity contribution is 0.322. The minimum absolute atomic E-state index is 0. The molecule has 2 rings (SSSR count). The lowest BCUT2D eigenvalue weighted by Gasteiger charge is -2.16. The van der Waals surface area contributed by atoms with Crippen LogP contribution < -0.4 is 15.4 Å². The van der Waals surface area contributed by atoms with E-state index in [1.807, 2.05) is 0 Å². The third kappa shape index (κ3) is 6.45. The van der Waals surface area contributed by atoms with E-state index in [1.165, 1.54) is 0 Å². The summed E-state index contributed by atoms with van der Waals surface area (Å²) in [6.45, 7) is 0.853. The Kier molecular flexibility index (Phi) is 8.89. The van der Waals surface area contributed by atoms with Crippen molar-refractivity contribution in [2.45, 2.75) is 12.5 Å². The van der Waals surface area contributed by atoms with Gasteiger partial charge in [-0.25, -0.2) is 8.42 Å². The molecule has 6 nitrogen and oxygen atoms in total. The molecule has 0 amide bonds. The van der Waals surface area contributed by atoms with Gasteiger partial charge in [-0.05, 0) is 18.6 Å². The third-order valence-electron chi connectivity index (χ3n) is 3.37. The Hall–Kier alpha value is -0.450. The molecule has 1 unspecified atom stereocenters. The fourth-order valence-electron chi connectivity index (χ4n) is 2.22. The summed E-state index contributed by atoms with van der Waals surface area (Å²) in [4.78, 5) is 4.07. The summed E-state index contributed by atoms with van der Waals surface area (Å²) in [7, 11) is -1.28. The number of guanidine groups is 1. The van der Waals surface area contributed by atoms with E-state index in [0.717, 1.165) is 0 Å². The fraction of sp³-hybridized carbons (Fsp3) is 0.500.